The molecule has 5 rings (SSSR count). The van der Waals surface area contributed by atoms with Crippen molar-refractivity contribution in [3.63, 3.8) is 0 Å². The average Bonchev–Trinajstić information content (AvgIpc) is 3.33. The number of esters is 1. The second kappa shape index (κ2) is 8.92. The highest BCUT2D eigenvalue weighted by atomic mass is 32.1. The fourth-order valence-electron chi connectivity index (χ4n) is 3.73. The van der Waals surface area contributed by atoms with Crippen molar-refractivity contribution in [1.82, 2.24) is 5.32 Å². The van der Waals surface area contributed by atoms with Crippen molar-refractivity contribution in [2.24, 2.45) is 0 Å². The molecule has 0 spiro atoms. The van der Waals surface area contributed by atoms with Gasteiger partial charge in [-0.05, 0) is 42.0 Å². The van der Waals surface area contributed by atoms with Crippen molar-refractivity contribution in [3.05, 3.63) is 65.0 Å². The Labute approximate surface area is 188 Å². The van der Waals surface area contributed by atoms with E-state index in [2.05, 4.69) is 5.32 Å². The molecule has 0 radical (unpaired) electrons. The van der Waals surface area contributed by atoms with Crippen LogP contribution < -0.4 is 19.5 Å². The lowest BCUT2D eigenvalue weighted by Crippen LogP contribution is -2.35. The quantitative estimate of drug-likeness (QED) is 0.591. The maximum Gasteiger partial charge on any atom is 0.348 e. The number of benzene rings is 2. The van der Waals surface area contributed by atoms with Crippen LogP contribution in [0, 0.1) is 0 Å². The first kappa shape index (κ1) is 20.4. The van der Waals surface area contributed by atoms with Crippen molar-refractivity contribution in [1.29, 1.82) is 0 Å². The Kier molecular flexibility index (Phi) is 5.68. The van der Waals surface area contributed by atoms with Crippen molar-refractivity contribution < 1.29 is 28.5 Å². The first-order valence-electron chi connectivity index (χ1n) is 10.4. The molecule has 8 heteroatoms. The molecule has 1 N–H and O–H groups in total. The van der Waals surface area contributed by atoms with Crippen LogP contribution in [-0.4, -0.2) is 38.3 Å². The molecule has 0 bridgehead atoms. The van der Waals surface area contributed by atoms with E-state index in [9.17, 15) is 9.59 Å². The lowest BCUT2D eigenvalue weighted by Gasteiger charge is -2.26. The van der Waals surface area contributed by atoms with Crippen molar-refractivity contribution >= 4 is 23.2 Å². The highest BCUT2D eigenvalue weighted by molar-refractivity contribution is 7.17. The highest BCUT2D eigenvalue weighted by Crippen LogP contribution is 2.37. The van der Waals surface area contributed by atoms with Crippen LogP contribution in [0.2, 0.25) is 0 Å². The SMILES string of the molecule is O=C(COC(=O)c1ccc(-c2ccc3c(c2)OCCO3)s1)NC1CCOc2ccccc21. The van der Waals surface area contributed by atoms with Gasteiger partial charge in [-0.1, -0.05) is 18.2 Å². The van der Waals surface area contributed by atoms with Gasteiger partial charge in [-0.3, -0.25) is 4.79 Å². The molecule has 1 amide bonds. The molecule has 1 aromatic heterocycles. The number of carbonyl (C=O) groups is 2. The van der Waals surface area contributed by atoms with Crippen LogP contribution in [0.1, 0.15) is 27.7 Å². The molecule has 164 valence electrons. The molecule has 0 aliphatic carbocycles. The van der Waals surface area contributed by atoms with E-state index in [-0.39, 0.29) is 18.6 Å². The van der Waals surface area contributed by atoms with E-state index in [1.54, 1.807) is 6.07 Å². The van der Waals surface area contributed by atoms with Crippen LogP contribution in [0.15, 0.2) is 54.6 Å². The molecule has 32 heavy (non-hydrogen) atoms. The number of thiophene rings is 1. The third-order valence-electron chi connectivity index (χ3n) is 5.26. The number of hydrogen-bond acceptors (Lipinski definition) is 7. The van der Waals surface area contributed by atoms with Crippen LogP contribution in [0.4, 0.5) is 0 Å². The van der Waals surface area contributed by atoms with Crippen molar-refractivity contribution in [2.75, 3.05) is 26.4 Å². The minimum Gasteiger partial charge on any atom is -0.493 e. The molecule has 0 saturated carbocycles. The zero-order valence-corrected chi connectivity index (χ0v) is 18.0. The zero-order chi connectivity index (χ0) is 21.9. The Morgan fingerprint density at radius 3 is 2.66 bits per heavy atom. The molecular formula is C24H21NO6S. The molecule has 7 nitrogen and oxygen atoms in total. The summed E-state index contributed by atoms with van der Waals surface area (Å²) in [6.45, 7) is 1.24. The fraction of sp³-hybridized carbons (Fsp3) is 0.250. The summed E-state index contributed by atoms with van der Waals surface area (Å²) in [5.41, 5.74) is 1.86. The predicted octanol–water partition coefficient (Wildman–Crippen LogP) is 3.98. The largest absolute Gasteiger partial charge is 0.493 e. The van der Waals surface area contributed by atoms with Gasteiger partial charge in [0.25, 0.3) is 5.91 Å². The first-order chi connectivity index (χ1) is 15.7. The van der Waals surface area contributed by atoms with E-state index >= 15 is 0 Å². The summed E-state index contributed by atoms with van der Waals surface area (Å²) in [6, 6.07) is 16.7. The third kappa shape index (κ3) is 4.27. The summed E-state index contributed by atoms with van der Waals surface area (Å²) >= 11 is 1.30. The van der Waals surface area contributed by atoms with E-state index in [4.69, 9.17) is 18.9 Å². The van der Waals surface area contributed by atoms with Gasteiger partial charge < -0.3 is 24.3 Å². The molecule has 2 aliphatic rings. The van der Waals surface area contributed by atoms with E-state index in [1.165, 1.54) is 11.3 Å². The van der Waals surface area contributed by atoms with Gasteiger partial charge in [0.05, 0.1) is 12.6 Å². The lowest BCUT2D eigenvalue weighted by atomic mass is 10.0. The summed E-state index contributed by atoms with van der Waals surface area (Å²) in [5, 5.41) is 2.92. The van der Waals surface area contributed by atoms with E-state index in [1.807, 2.05) is 48.5 Å². The number of ether oxygens (including phenoxy) is 4. The highest BCUT2D eigenvalue weighted by Gasteiger charge is 2.23. The van der Waals surface area contributed by atoms with Gasteiger partial charge >= 0.3 is 5.97 Å². The Hall–Kier alpha value is -3.52. The van der Waals surface area contributed by atoms with E-state index in [0.29, 0.717) is 42.6 Å². The molecule has 1 atom stereocenters. The summed E-state index contributed by atoms with van der Waals surface area (Å²) in [4.78, 5) is 26.2. The Balaban J connectivity index is 1.19. The average molecular weight is 452 g/mol. The van der Waals surface area contributed by atoms with Crippen LogP contribution in [0.25, 0.3) is 10.4 Å². The van der Waals surface area contributed by atoms with E-state index in [0.717, 1.165) is 21.8 Å². The molecular weight excluding hydrogens is 430 g/mol. The molecule has 0 fully saturated rings. The second-order valence-electron chi connectivity index (χ2n) is 7.39. The smallest absolute Gasteiger partial charge is 0.348 e. The number of nitrogens with one attached hydrogen (secondary N) is 1. The van der Waals surface area contributed by atoms with Crippen LogP contribution >= 0.6 is 11.3 Å². The minimum atomic E-state index is -0.527. The summed E-state index contributed by atoms with van der Waals surface area (Å²) in [6.07, 6.45) is 0.667. The third-order valence-corrected chi connectivity index (χ3v) is 6.38. The molecule has 2 aliphatic heterocycles. The lowest BCUT2D eigenvalue weighted by molar-refractivity contribution is -0.125. The van der Waals surface area contributed by atoms with Gasteiger partial charge in [0.1, 0.15) is 23.8 Å². The number of fused-ring (bicyclic) bond motifs is 2. The molecule has 3 aromatic rings. The summed E-state index contributed by atoms with van der Waals surface area (Å²) < 4.78 is 22.0. The molecule has 2 aromatic carbocycles. The minimum absolute atomic E-state index is 0.158. The van der Waals surface area contributed by atoms with Gasteiger partial charge in [0.2, 0.25) is 0 Å². The Bertz CT molecular complexity index is 1160. The number of rotatable bonds is 5. The molecule has 0 saturated heterocycles. The van der Waals surface area contributed by atoms with Crippen molar-refractivity contribution in [2.45, 2.75) is 12.5 Å². The monoisotopic (exact) mass is 451 g/mol. The maximum atomic E-state index is 12.5. The number of para-hydroxylation sites is 1. The van der Waals surface area contributed by atoms with E-state index < -0.39 is 5.97 Å². The number of hydrogen-bond donors (Lipinski definition) is 1. The van der Waals surface area contributed by atoms with Crippen LogP contribution in [0.3, 0.4) is 0 Å². The Morgan fingerprint density at radius 1 is 0.938 bits per heavy atom. The predicted molar refractivity (Wildman–Crippen MR) is 118 cm³/mol. The van der Waals surface area contributed by atoms with Gasteiger partial charge in [-0.15, -0.1) is 11.3 Å². The molecule has 3 heterocycles. The zero-order valence-electron chi connectivity index (χ0n) is 17.2. The number of amides is 1. The van der Waals surface area contributed by atoms with Gasteiger partial charge in [-0.2, -0.15) is 0 Å². The normalized spacial score (nSPS) is 16.4. The molecule has 1 unspecified atom stereocenters. The first-order valence-corrected chi connectivity index (χ1v) is 11.2. The number of carbonyl (C=O) groups excluding carboxylic acids is 2. The van der Waals surface area contributed by atoms with Gasteiger partial charge in [0, 0.05) is 16.9 Å². The topological polar surface area (TPSA) is 83.1 Å². The fourth-order valence-corrected chi connectivity index (χ4v) is 4.63. The standard InChI is InChI=1S/C24H21NO6S/c26-23(25-17-9-10-28-18-4-2-1-3-16(17)18)14-31-24(27)22-8-7-21(32-22)15-5-6-19-20(13-15)30-12-11-29-19/h1-8,13,17H,9-12,14H2,(H,25,26). The maximum absolute atomic E-state index is 12.5. The van der Waals surface area contributed by atoms with Crippen LogP contribution in [0.5, 0.6) is 17.2 Å². The van der Waals surface area contributed by atoms with Crippen molar-refractivity contribution in [3.8, 4) is 27.7 Å². The second-order valence-corrected chi connectivity index (χ2v) is 8.48. The van der Waals surface area contributed by atoms with Crippen LogP contribution in [-0.2, 0) is 9.53 Å². The van der Waals surface area contributed by atoms with Gasteiger partial charge in [0.15, 0.2) is 18.1 Å². The Morgan fingerprint density at radius 2 is 1.75 bits per heavy atom. The van der Waals surface area contributed by atoms with Gasteiger partial charge in [-0.25, -0.2) is 4.79 Å². The summed E-state index contributed by atoms with van der Waals surface area (Å²) in [7, 11) is 0. The summed E-state index contributed by atoms with van der Waals surface area (Å²) in [5.74, 6) is 1.31.